The second-order valence-electron chi connectivity index (χ2n) is 10.7. The van der Waals surface area contributed by atoms with Crippen LogP contribution in [0.25, 0.3) is 16.7 Å². The van der Waals surface area contributed by atoms with E-state index < -0.39 is 5.91 Å². The molecule has 1 fully saturated rings. The van der Waals surface area contributed by atoms with Crippen molar-refractivity contribution in [1.82, 2.24) is 34.4 Å². The number of nitrogens with one attached hydrogen (secondary N) is 2. The van der Waals surface area contributed by atoms with Crippen LogP contribution in [0.2, 0.25) is 5.02 Å². The molecule has 1 aliphatic carbocycles. The molecule has 1 aromatic carbocycles. The van der Waals surface area contributed by atoms with Crippen molar-refractivity contribution in [2.24, 2.45) is 5.92 Å². The van der Waals surface area contributed by atoms with Crippen molar-refractivity contribution in [2.45, 2.75) is 45.2 Å². The Kier molecular flexibility index (Phi) is 7.97. The molecule has 2 amide bonds. The minimum atomic E-state index is -0.401. The molecule has 0 radical (unpaired) electrons. The number of carbonyl (C=O) groups is 2. The summed E-state index contributed by atoms with van der Waals surface area (Å²) < 4.78 is 3.44. The quantitative estimate of drug-likeness (QED) is 0.281. The molecule has 4 heterocycles. The van der Waals surface area contributed by atoms with E-state index in [0.717, 1.165) is 36.7 Å². The summed E-state index contributed by atoms with van der Waals surface area (Å²) in [5.74, 6) is -0.283. The fourth-order valence-electron chi connectivity index (χ4n) is 5.59. The van der Waals surface area contributed by atoms with Gasteiger partial charge in [-0.15, -0.1) is 0 Å². The highest BCUT2D eigenvalue weighted by molar-refractivity contribution is 6.30. The Hall–Kier alpha value is -4.90. The fourth-order valence-corrected chi connectivity index (χ4v) is 5.75. The maximum Gasteiger partial charge on any atom is 0.333 e. The first-order valence-electron chi connectivity index (χ1n) is 14.0. The average molecular weight is 597 g/mol. The topological polar surface area (TPSA) is 137 Å². The van der Waals surface area contributed by atoms with E-state index in [9.17, 15) is 14.4 Å². The number of para-hydroxylation sites is 2. The summed E-state index contributed by atoms with van der Waals surface area (Å²) in [5, 5.41) is 6.26. The zero-order valence-electron chi connectivity index (χ0n) is 23.4. The molecule has 0 atom stereocenters. The van der Waals surface area contributed by atoms with Crippen LogP contribution in [0, 0.1) is 12.8 Å². The lowest BCUT2D eigenvalue weighted by molar-refractivity contribution is 0.0918. The number of fused-ring (bicyclic) bond motifs is 1. The summed E-state index contributed by atoms with van der Waals surface area (Å²) in [4.78, 5) is 55.5. The summed E-state index contributed by atoms with van der Waals surface area (Å²) in [6, 6.07) is 12.7. The maximum atomic E-state index is 13.8. The Balaban J connectivity index is 1.15. The van der Waals surface area contributed by atoms with Crippen LogP contribution in [0.4, 0.5) is 5.69 Å². The molecule has 0 aliphatic heterocycles. The van der Waals surface area contributed by atoms with E-state index in [2.05, 4.69) is 30.6 Å². The van der Waals surface area contributed by atoms with Gasteiger partial charge in [-0.2, -0.15) is 0 Å². The van der Waals surface area contributed by atoms with Gasteiger partial charge in [0.15, 0.2) is 0 Å². The third-order valence-corrected chi connectivity index (χ3v) is 8.02. The summed E-state index contributed by atoms with van der Waals surface area (Å²) in [6.45, 7) is 2.36. The van der Waals surface area contributed by atoms with Crippen LogP contribution in [0.1, 0.15) is 52.2 Å². The van der Waals surface area contributed by atoms with Gasteiger partial charge < -0.3 is 10.6 Å². The minimum Gasteiger partial charge on any atom is -0.349 e. The Labute approximate surface area is 252 Å². The molecule has 0 bridgehead atoms. The first-order valence-corrected chi connectivity index (χ1v) is 14.4. The maximum absolute atomic E-state index is 13.8. The highest BCUT2D eigenvalue weighted by Crippen LogP contribution is 2.28. The number of halogens is 1. The Morgan fingerprint density at radius 2 is 1.67 bits per heavy atom. The van der Waals surface area contributed by atoms with Gasteiger partial charge in [-0.1, -0.05) is 23.7 Å². The fraction of sp³-hybridized carbons (Fsp3) is 0.258. The van der Waals surface area contributed by atoms with E-state index in [4.69, 9.17) is 11.6 Å². The lowest BCUT2D eigenvalue weighted by atomic mass is 9.85. The number of aryl methyl sites for hydroxylation is 1. The molecule has 4 aromatic heterocycles. The van der Waals surface area contributed by atoms with Crippen molar-refractivity contribution in [3.8, 4) is 5.69 Å². The van der Waals surface area contributed by atoms with E-state index in [-0.39, 0.29) is 29.3 Å². The smallest absolute Gasteiger partial charge is 0.333 e. The van der Waals surface area contributed by atoms with E-state index in [1.54, 1.807) is 29.7 Å². The number of benzene rings is 1. The second kappa shape index (κ2) is 12.1. The van der Waals surface area contributed by atoms with Crippen LogP contribution < -0.4 is 16.3 Å². The van der Waals surface area contributed by atoms with Crippen molar-refractivity contribution in [1.29, 1.82) is 0 Å². The number of aromatic nitrogens is 6. The molecule has 1 saturated carbocycles. The number of imidazole rings is 1. The van der Waals surface area contributed by atoms with Crippen LogP contribution in [0.5, 0.6) is 0 Å². The SMILES string of the molecule is Cc1ncc(Cl)cc1C(=O)NC1CCC(Cn2c(=O)n(-c3ccc(C(=O)Nc4cncnc4)nc3)c3ccccc32)CC1. The first kappa shape index (κ1) is 28.2. The second-order valence-corrected chi connectivity index (χ2v) is 11.1. The molecular weight excluding hydrogens is 568 g/mol. The number of nitrogens with zero attached hydrogens (tertiary/aromatic N) is 6. The van der Waals surface area contributed by atoms with E-state index in [1.165, 1.54) is 31.1 Å². The van der Waals surface area contributed by atoms with Crippen LogP contribution >= 0.6 is 11.6 Å². The van der Waals surface area contributed by atoms with Gasteiger partial charge in [0.05, 0.1) is 57.3 Å². The lowest BCUT2D eigenvalue weighted by Crippen LogP contribution is -2.39. The molecule has 1 aliphatic rings. The Morgan fingerprint density at radius 3 is 2.40 bits per heavy atom. The molecule has 0 spiro atoms. The molecule has 0 saturated heterocycles. The van der Waals surface area contributed by atoms with Crippen molar-refractivity contribution < 1.29 is 9.59 Å². The number of hydrogen-bond acceptors (Lipinski definition) is 7. The van der Waals surface area contributed by atoms with Crippen LogP contribution in [0.3, 0.4) is 0 Å². The number of pyridine rings is 2. The zero-order valence-corrected chi connectivity index (χ0v) is 24.2. The third kappa shape index (κ3) is 6.02. The average Bonchev–Trinajstić information content (AvgIpc) is 3.30. The lowest BCUT2D eigenvalue weighted by Gasteiger charge is -2.29. The molecule has 12 heteroatoms. The number of carbonyl (C=O) groups excluding carboxylic acids is 2. The van der Waals surface area contributed by atoms with Gasteiger partial charge in [0, 0.05) is 18.8 Å². The molecule has 5 aromatic rings. The summed E-state index contributed by atoms with van der Waals surface area (Å²) in [5.41, 5.74) is 3.79. The van der Waals surface area contributed by atoms with Gasteiger partial charge in [-0.05, 0) is 68.9 Å². The first-order chi connectivity index (χ1) is 20.9. The highest BCUT2D eigenvalue weighted by atomic mass is 35.5. The predicted molar refractivity (Wildman–Crippen MR) is 163 cm³/mol. The van der Waals surface area contributed by atoms with Gasteiger partial charge in [0.25, 0.3) is 11.8 Å². The van der Waals surface area contributed by atoms with E-state index in [0.29, 0.717) is 34.2 Å². The molecule has 218 valence electrons. The molecule has 11 nitrogen and oxygen atoms in total. The minimum absolute atomic E-state index is 0.0522. The van der Waals surface area contributed by atoms with Gasteiger partial charge in [-0.3, -0.25) is 23.7 Å². The van der Waals surface area contributed by atoms with Gasteiger partial charge >= 0.3 is 5.69 Å². The predicted octanol–water partition coefficient (Wildman–Crippen LogP) is 4.58. The van der Waals surface area contributed by atoms with Gasteiger partial charge in [0.2, 0.25) is 0 Å². The molecule has 0 unspecified atom stereocenters. The number of amides is 2. The molecule has 2 N–H and O–H groups in total. The van der Waals surface area contributed by atoms with E-state index >= 15 is 0 Å². The summed E-state index contributed by atoms with van der Waals surface area (Å²) in [6.07, 6.45) is 10.8. The number of rotatable bonds is 7. The summed E-state index contributed by atoms with van der Waals surface area (Å²) >= 11 is 6.05. The normalized spacial score (nSPS) is 16.6. The van der Waals surface area contributed by atoms with Crippen molar-refractivity contribution in [3.63, 3.8) is 0 Å². The third-order valence-electron chi connectivity index (χ3n) is 7.81. The van der Waals surface area contributed by atoms with Gasteiger partial charge in [0.1, 0.15) is 12.0 Å². The summed E-state index contributed by atoms with van der Waals surface area (Å²) in [7, 11) is 0. The molecule has 43 heavy (non-hydrogen) atoms. The largest absolute Gasteiger partial charge is 0.349 e. The van der Waals surface area contributed by atoms with Crippen LogP contribution in [-0.2, 0) is 6.54 Å². The standard InChI is InChI=1S/C31H29ClN8O3/c1-19-25(12-21(32)13-35-19)29(41)37-22-8-6-20(7-9-22)17-39-27-4-2-3-5-28(27)40(31(39)43)24-10-11-26(36-16-24)30(42)38-23-14-33-18-34-15-23/h2-5,10-16,18,20,22H,6-9,17H2,1H3,(H,37,41)(H,38,42). The van der Waals surface area contributed by atoms with E-state index in [1.807, 2.05) is 28.8 Å². The Bertz CT molecular complexity index is 1850. The highest BCUT2D eigenvalue weighted by Gasteiger charge is 2.26. The monoisotopic (exact) mass is 596 g/mol. The van der Waals surface area contributed by atoms with Crippen LogP contribution in [-0.4, -0.2) is 46.9 Å². The number of hydrogen-bond donors (Lipinski definition) is 2. The number of anilines is 1. The van der Waals surface area contributed by atoms with Crippen molar-refractivity contribution >= 4 is 40.1 Å². The van der Waals surface area contributed by atoms with Crippen LogP contribution in [0.15, 0.2) is 78.4 Å². The Morgan fingerprint density at radius 1 is 0.930 bits per heavy atom. The van der Waals surface area contributed by atoms with Crippen molar-refractivity contribution in [3.05, 3.63) is 106 Å². The van der Waals surface area contributed by atoms with Gasteiger partial charge in [-0.25, -0.2) is 19.7 Å². The molecule has 6 rings (SSSR count). The molecular formula is C31H29ClN8O3. The van der Waals surface area contributed by atoms with Crippen molar-refractivity contribution in [2.75, 3.05) is 5.32 Å². The zero-order chi connectivity index (χ0) is 29.9.